The number of alkyl carbamates (subject to hydrolysis) is 1. The smallest absolute Gasteiger partial charge is 0.408 e. The van der Waals surface area contributed by atoms with Crippen LogP contribution >= 0.6 is 11.6 Å². The van der Waals surface area contributed by atoms with E-state index in [0.717, 1.165) is 0 Å². The van der Waals surface area contributed by atoms with Gasteiger partial charge in [0.25, 0.3) is 0 Å². The average molecular weight is 399 g/mol. The van der Waals surface area contributed by atoms with Crippen molar-refractivity contribution < 1.29 is 23.9 Å². The Morgan fingerprint density at radius 1 is 1.04 bits per heavy atom. The minimum absolute atomic E-state index is 0.0505. The normalized spacial score (nSPS) is 13.0. The summed E-state index contributed by atoms with van der Waals surface area (Å²) in [5.41, 5.74) is 0.699. The zero-order valence-corrected chi connectivity index (χ0v) is 17.0. The van der Waals surface area contributed by atoms with Crippen molar-refractivity contribution in [2.24, 2.45) is 5.92 Å². The monoisotopic (exact) mass is 398 g/mol. The topological polar surface area (TPSA) is 93.7 Å². The maximum atomic E-state index is 12.8. The van der Waals surface area contributed by atoms with Crippen LogP contribution in [0.15, 0.2) is 24.3 Å². The molecular weight excluding hydrogens is 372 g/mol. The molecule has 0 aliphatic rings. The third kappa shape index (κ3) is 7.86. The highest BCUT2D eigenvalue weighted by atomic mass is 35.5. The molecule has 1 aromatic carbocycles. The number of ether oxygens (including phenoxy) is 2. The van der Waals surface area contributed by atoms with E-state index in [4.69, 9.17) is 21.1 Å². The summed E-state index contributed by atoms with van der Waals surface area (Å²) in [6, 6.07) is 5.36. The molecule has 0 saturated heterocycles. The van der Waals surface area contributed by atoms with Gasteiger partial charge in [0.1, 0.15) is 6.04 Å². The van der Waals surface area contributed by atoms with E-state index in [2.05, 4.69) is 10.6 Å². The van der Waals surface area contributed by atoms with Crippen molar-refractivity contribution in [1.29, 1.82) is 0 Å². The lowest BCUT2D eigenvalue weighted by molar-refractivity contribution is -0.141. The van der Waals surface area contributed by atoms with Crippen LogP contribution in [0.5, 0.6) is 0 Å². The highest BCUT2D eigenvalue weighted by Gasteiger charge is 2.28. The average Bonchev–Trinajstić information content (AvgIpc) is 2.58. The summed E-state index contributed by atoms with van der Waals surface area (Å²) < 4.78 is 9.76. The van der Waals surface area contributed by atoms with Crippen LogP contribution in [0.3, 0.4) is 0 Å². The van der Waals surface area contributed by atoms with E-state index < -0.39 is 30.1 Å². The first-order valence-electron chi connectivity index (χ1n) is 8.73. The number of nitrogens with one attached hydrogen (secondary N) is 2. The van der Waals surface area contributed by atoms with E-state index >= 15 is 0 Å². The van der Waals surface area contributed by atoms with Gasteiger partial charge in [0, 0.05) is 5.02 Å². The molecular formula is C19H27ClN2O5. The van der Waals surface area contributed by atoms with Gasteiger partial charge in [0.15, 0.2) is 0 Å². The molecule has 0 heterocycles. The molecule has 0 spiro atoms. The number of esters is 1. The summed E-state index contributed by atoms with van der Waals surface area (Å²) in [5, 5.41) is 5.92. The van der Waals surface area contributed by atoms with Gasteiger partial charge >= 0.3 is 12.1 Å². The van der Waals surface area contributed by atoms with Gasteiger partial charge in [0.05, 0.1) is 25.7 Å². The van der Waals surface area contributed by atoms with E-state index in [1.807, 2.05) is 0 Å². The fourth-order valence-corrected chi connectivity index (χ4v) is 2.49. The first-order chi connectivity index (χ1) is 12.6. The molecule has 2 atom stereocenters. The second kappa shape index (κ2) is 10.8. The van der Waals surface area contributed by atoms with Crippen LogP contribution in [0.25, 0.3) is 0 Å². The van der Waals surface area contributed by atoms with Gasteiger partial charge < -0.3 is 20.1 Å². The number of carbonyl (C=O) groups excluding carboxylic acids is 3. The summed E-state index contributed by atoms with van der Waals surface area (Å²) in [4.78, 5) is 36.4. The van der Waals surface area contributed by atoms with Crippen LogP contribution in [-0.2, 0) is 19.1 Å². The van der Waals surface area contributed by atoms with Crippen molar-refractivity contribution in [3.8, 4) is 0 Å². The predicted octanol–water partition coefficient (Wildman–Crippen LogP) is 3.22. The molecule has 8 heteroatoms. The largest absolute Gasteiger partial charge is 0.469 e. The Balaban J connectivity index is 2.95. The molecule has 0 aliphatic carbocycles. The van der Waals surface area contributed by atoms with E-state index in [1.54, 1.807) is 52.0 Å². The number of benzene rings is 1. The molecule has 0 aromatic heterocycles. The van der Waals surface area contributed by atoms with Crippen LogP contribution in [0.2, 0.25) is 5.02 Å². The molecule has 2 N–H and O–H groups in total. The molecule has 0 saturated carbocycles. The zero-order valence-electron chi connectivity index (χ0n) is 16.2. The van der Waals surface area contributed by atoms with E-state index in [1.165, 1.54) is 7.11 Å². The molecule has 1 unspecified atom stereocenters. The Kier molecular flexibility index (Phi) is 9.08. The summed E-state index contributed by atoms with van der Waals surface area (Å²) in [5.74, 6) is -1.08. The number of halogens is 1. The van der Waals surface area contributed by atoms with E-state index in [9.17, 15) is 14.4 Å². The second-order valence-corrected chi connectivity index (χ2v) is 7.15. The van der Waals surface area contributed by atoms with Crippen molar-refractivity contribution in [2.45, 2.75) is 52.3 Å². The molecule has 150 valence electrons. The van der Waals surface area contributed by atoms with Gasteiger partial charge in [-0.25, -0.2) is 4.79 Å². The highest BCUT2D eigenvalue weighted by molar-refractivity contribution is 6.30. The van der Waals surface area contributed by atoms with Crippen molar-refractivity contribution in [2.75, 3.05) is 7.11 Å². The Bertz CT molecular complexity index is 646. The van der Waals surface area contributed by atoms with E-state index in [-0.39, 0.29) is 18.4 Å². The lowest BCUT2D eigenvalue weighted by Crippen LogP contribution is -2.51. The van der Waals surface area contributed by atoms with Crippen molar-refractivity contribution in [3.05, 3.63) is 34.9 Å². The minimum Gasteiger partial charge on any atom is -0.469 e. The molecule has 0 radical (unpaired) electrons. The molecule has 0 bridgehead atoms. The Morgan fingerprint density at radius 2 is 1.63 bits per heavy atom. The third-order valence-electron chi connectivity index (χ3n) is 3.75. The number of hydrogen-bond donors (Lipinski definition) is 2. The Hall–Kier alpha value is -2.28. The predicted molar refractivity (Wildman–Crippen MR) is 102 cm³/mol. The summed E-state index contributed by atoms with van der Waals surface area (Å²) in [6.45, 7) is 7.04. The first-order valence-corrected chi connectivity index (χ1v) is 9.11. The van der Waals surface area contributed by atoms with Crippen LogP contribution in [0, 0.1) is 5.92 Å². The Labute approximate surface area is 164 Å². The quantitative estimate of drug-likeness (QED) is 0.656. The number of rotatable bonds is 8. The van der Waals surface area contributed by atoms with Crippen LogP contribution in [-0.4, -0.2) is 37.2 Å². The van der Waals surface area contributed by atoms with Crippen LogP contribution < -0.4 is 10.6 Å². The van der Waals surface area contributed by atoms with Gasteiger partial charge in [0.2, 0.25) is 5.91 Å². The fourth-order valence-electron chi connectivity index (χ4n) is 2.37. The van der Waals surface area contributed by atoms with Gasteiger partial charge in [-0.15, -0.1) is 0 Å². The van der Waals surface area contributed by atoms with Crippen LogP contribution in [0.4, 0.5) is 4.79 Å². The van der Waals surface area contributed by atoms with Crippen molar-refractivity contribution >= 4 is 29.6 Å². The van der Waals surface area contributed by atoms with Crippen molar-refractivity contribution in [1.82, 2.24) is 10.6 Å². The standard InChI is InChI=1S/C19H27ClN2O5/c1-11(2)17(22-19(25)27-12(3)4)18(24)21-15(10-16(23)26-5)13-6-8-14(20)9-7-13/h6-9,11-12,15,17H,10H2,1-5H3,(H,21,24)(H,22,25)/t15?,17-/m0/s1. The van der Waals surface area contributed by atoms with Gasteiger partial charge in [-0.1, -0.05) is 37.6 Å². The number of hydrogen-bond acceptors (Lipinski definition) is 5. The summed E-state index contributed by atoms with van der Waals surface area (Å²) in [7, 11) is 1.28. The summed E-state index contributed by atoms with van der Waals surface area (Å²) in [6.07, 6.45) is -1.03. The number of amides is 2. The molecule has 7 nitrogen and oxygen atoms in total. The highest BCUT2D eigenvalue weighted by Crippen LogP contribution is 2.20. The molecule has 1 aromatic rings. The zero-order chi connectivity index (χ0) is 20.6. The molecule has 1 rings (SSSR count). The van der Waals surface area contributed by atoms with Crippen LogP contribution in [0.1, 0.15) is 45.7 Å². The molecule has 0 aliphatic heterocycles. The molecule has 2 amide bonds. The first kappa shape index (κ1) is 22.8. The number of carbonyl (C=O) groups is 3. The second-order valence-electron chi connectivity index (χ2n) is 6.71. The SMILES string of the molecule is COC(=O)CC(NC(=O)[C@@H](NC(=O)OC(C)C)C(C)C)c1ccc(Cl)cc1. The summed E-state index contributed by atoms with van der Waals surface area (Å²) >= 11 is 5.91. The Morgan fingerprint density at radius 3 is 2.11 bits per heavy atom. The lowest BCUT2D eigenvalue weighted by atomic mass is 10.00. The maximum Gasteiger partial charge on any atom is 0.408 e. The lowest BCUT2D eigenvalue weighted by Gasteiger charge is -2.25. The van der Waals surface area contributed by atoms with Gasteiger partial charge in [-0.3, -0.25) is 9.59 Å². The number of methoxy groups -OCH3 is 1. The molecule has 27 heavy (non-hydrogen) atoms. The van der Waals surface area contributed by atoms with E-state index in [0.29, 0.717) is 10.6 Å². The maximum absolute atomic E-state index is 12.8. The fraction of sp³-hybridized carbons (Fsp3) is 0.526. The third-order valence-corrected chi connectivity index (χ3v) is 4.00. The molecule has 0 fully saturated rings. The van der Waals surface area contributed by atoms with Gasteiger partial charge in [-0.2, -0.15) is 0 Å². The van der Waals surface area contributed by atoms with Gasteiger partial charge in [-0.05, 0) is 37.5 Å². The van der Waals surface area contributed by atoms with Crippen molar-refractivity contribution in [3.63, 3.8) is 0 Å². The minimum atomic E-state index is -0.816.